The third-order valence-corrected chi connectivity index (χ3v) is 3.37. The molecule has 0 amide bonds. The van der Waals surface area contributed by atoms with Gasteiger partial charge < -0.3 is 0 Å². The van der Waals surface area contributed by atoms with Crippen LogP contribution in [0.1, 0.15) is 49.9 Å². The summed E-state index contributed by atoms with van der Waals surface area (Å²) in [6.45, 7) is 4.07. The van der Waals surface area contributed by atoms with E-state index in [0.29, 0.717) is 5.56 Å². The highest BCUT2D eigenvalue weighted by Gasteiger charge is 2.21. The van der Waals surface area contributed by atoms with E-state index in [0.717, 1.165) is 25.7 Å². The number of hydrogen-bond donors (Lipinski definition) is 0. The van der Waals surface area contributed by atoms with Crippen LogP contribution in [0.15, 0.2) is 18.2 Å². The molecule has 0 saturated carbocycles. The number of unbranched alkanes of at least 4 members (excludes halogenated alkanes) is 1. The first kappa shape index (κ1) is 14.2. The average molecular weight is 257 g/mol. The Hall–Kier alpha value is -0.890. The summed E-state index contributed by atoms with van der Waals surface area (Å²) >= 11 is 5.83. The SMILES string of the molecule is CCCCC(CC)C(=O)c1cccc(F)c1Cl. The molecule has 0 aliphatic heterocycles. The molecule has 1 aromatic rings. The lowest BCUT2D eigenvalue weighted by Gasteiger charge is -2.14. The standard InChI is InChI=1S/C14H18ClFO/c1-3-5-7-10(4-2)14(17)11-8-6-9-12(16)13(11)15/h6,8-10H,3-5,7H2,1-2H3. The zero-order valence-electron chi connectivity index (χ0n) is 10.3. The van der Waals surface area contributed by atoms with Gasteiger partial charge in [0.25, 0.3) is 0 Å². The predicted molar refractivity (Wildman–Crippen MR) is 69.0 cm³/mol. The van der Waals surface area contributed by atoms with Gasteiger partial charge >= 0.3 is 0 Å². The zero-order chi connectivity index (χ0) is 12.8. The Morgan fingerprint density at radius 1 is 1.41 bits per heavy atom. The number of halogens is 2. The first-order chi connectivity index (χ1) is 8.11. The van der Waals surface area contributed by atoms with Gasteiger partial charge in [0.1, 0.15) is 5.82 Å². The number of benzene rings is 1. The quantitative estimate of drug-likeness (QED) is 0.663. The molecule has 0 spiro atoms. The molecule has 0 saturated heterocycles. The maximum Gasteiger partial charge on any atom is 0.167 e. The van der Waals surface area contributed by atoms with Crippen molar-refractivity contribution in [3.8, 4) is 0 Å². The number of ketones is 1. The number of carbonyl (C=O) groups is 1. The summed E-state index contributed by atoms with van der Waals surface area (Å²) < 4.78 is 13.3. The lowest BCUT2D eigenvalue weighted by atomic mass is 9.90. The van der Waals surface area contributed by atoms with E-state index in [4.69, 9.17) is 11.6 Å². The lowest BCUT2D eigenvalue weighted by molar-refractivity contribution is 0.0908. The van der Waals surface area contributed by atoms with Crippen LogP contribution in [0.25, 0.3) is 0 Å². The summed E-state index contributed by atoms with van der Waals surface area (Å²) in [6.07, 6.45) is 3.68. The fourth-order valence-corrected chi connectivity index (χ4v) is 2.10. The van der Waals surface area contributed by atoms with E-state index in [1.54, 1.807) is 6.07 Å². The minimum Gasteiger partial charge on any atom is -0.294 e. The van der Waals surface area contributed by atoms with E-state index in [1.807, 2.05) is 6.92 Å². The van der Waals surface area contributed by atoms with Crippen molar-refractivity contribution in [2.24, 2.45) is 5.92 Å². The van der Waals surface area contributed by atoms with Crippen molar-refractivity contribution in [1.82, 2.24) is 0 Å². The summed E-state index contributed by atoms with van der Waals surface area (Å²) in [4.78, 5) is 12.2. The van der Waals surface area contributed by atoms with Crippen LogP contribution in [0, 0.1) is 11.7 Å². The molecule has 94 valence electrons. The van der Waals surface area contributed by atoms with Gasteiger partial charge in [0.2, 0.25) is 0 Å². The fraction of sp³-hybridized carbons (Fsp3) is 0.500. The lowest BCUT2D eigenvalue weighted by Crippen LogP contribution is -2.15. The monoisotopic (exact) mass is 256 g/mol. The number of rotatable bonds is 6. The molecule has 17 heavy (non-hydrogen) atoms. The van der Waals surface area contributed by atoms with Gasteiger partial charge in [0, 0.05) is 11.5 Å². The van der Waals surface area contributed by atoms with Gasteiger partial charge in [-0.2, -0.15) is 0 Å². The predicted octanol–water partition coefficient (Wildman–Crippen LogP) is 4.88. The summed E-state index contributed by atoms with van der Waals surface area (Å²) in [7, 11) is 0. The maximum atomic E-state index is 13.3. The van der Waals surface area contributed by atoms with Crippen LogP contribution in [0.2, 0.25) is 5.02 Å². The van der Waals surface area contributed by atoms with E-state index in [-0.39, 0.29) is 16.7 Å². The fourth-order valence-electron chi connectivity index (χ4n) is 1.89. The highest BCUT2D eigenvalue weighted by Crippen LogP contribution is 2.25. The van der Waals surface area contributed by atoms with Crippen LogP contribution in [0.4, 0.5) is 4.39 Å². The summed E-state index contributed by atoms with van der Waals surface area (Å²) in [6, 6.07) is 4.40. The zero-order valence-corrected chi connectivity index (χ0v) is 11.1. The minimum atomic E-state index is -0.525. The second-order valence-electron chi connectivity index (χ2n) is 4.21. The topological polar surface area (TPSA) is 17.1 Å². The molecule has 1 rings (SSSR count). The van der Waals surface area contributed by atoms with Gasteiger partial charge in [-0.25, -0.2) is 4.39 Å². The second-order valence-corrected chi connectivity index (χ2v) is 4.59. The van der Waals surface area contributed by atoms with Crippen LogP contribution < -0.4 is 0 Å². The maximum absolute atomic E-state index is 13.3. The number of hydrogen-bond acceptors (Lipinski definition) is 1. The first-order valence-corrected chi connectivity index (χ1v) is 6.47. The van der Waals surface area contributed by atoms with Crippen LogP contribution in [0.5, 0.6) is 0 Å². The first-order valence-electron chi connectivity index (χ1n) is 6.10. The van der Waals surface area contributed by atoms with E-state index in [9.17, 15) is 9.18 Å². The normalized spacial score (nSPS) is 12.5. The van der Waals surface area contributed by atoms with Gasteiger partial charge in [-0.3, -0.25) is 4.79 Å². The number of Topliss-reactive ketones (excluding diaryl/α,β-unsaturated/α-hetero) is 1. The molecule has 0 N–H and O–H groups in total. The molecular formula is C14H18ClFO. The number of carbonyl (C=O) groups excluding carboxylic acids is 1. The molecule has 0 aliphatic rings. The molecule has 1 atom stereocenters. The summed E-state index contributed by atoms with van der Waals surface area (Å²) in [5.41, 5.74) is 0.314. The summed E-state index contributed by atoms with van der Waals surface area (Å²) in [5.74, 6) is -0.609. The van der Waals surface area contributed by atoms with Crippen molar-refractivity contribution in [2.45, 2.75) is 39.5 Å². The van der Waals surface area contributed by atoms with Gasteiger partial charge in [-0.1, -0.05) is 44.4 Å². The largest absolute Gasteiger partial charge is 0.294 e. The molecule has 0 aliphatic carbocycles. The second kappa shape index (κ2) is 6.75. The van der Waals surface area contributed by atoms with Crippen molar-refractivity contribution >= 4 is 17.4 Å². The third kappa shape index (κ3) is 3.53. The molecule has 0 bridgehead atoms. The molecular weight excluding hydrogens is 239 g/mol. The average Bonchev–Trinajstić information content (AvgIpc) is 2.33. The van der Waals surface area contributed by atoms with Crippen molar-refractivity contribution in [3.63, 3.8) is 0 Å². The van der Waals surface area contributed by atoms with Gasteiger partial charge in [0.05, 0.1) is 5.02 Å². The Morgan fingerprint density at radius 3 is 2.71 bits per heavy atom. The van der Waals surface area contributed by atoms with Crippen LogP contribution in [-0.4, -0.2) is 5.78 Å². The molecule has 3 heteroatoms. The van der Waals surface area contributed by atoms with Crippen LogP contribution >= 0.6 is 11.6 Å². The van der Waals surface area contributed by atoms with E-state index in [1.165, 1.54) is 12.1 Å². The van der Waals surface area contributed by atoms with E-state index >= 15 is 0 Å². The van der Waals surface area contributed by atoms with Crippen molar-refractivity contribution in [1.29, 1.82) is 0 Å². The Kier molecular flexibility index (Phi) is 5.63. The van der Waals surface area contributed by atoms with Gasteiger partial charge in [-0.15, -0.1) is 0 Å². The van der Waals surface area contributed by atoms with Gasteiger partial charge in [-0.05, 0) is 25.0 Å². The Morgan fingerprint density at radius 2 is 2.12 bits per heavy atom. The molecule has 0 fully saturated rings. The minimum absolute atomic E-state index is 0.0366. The smallest absolute Gasteiger partial charge is 0.167 e. The molecule has 1 nitrogen and oxygen atoms in total. The summed E-state index contributed by atoms with van der Waals surface area (Å²) in [5, 5.41) is -0.0487. The van der Waals surface area contributed by atoms with E-state index < -0.39 is 5.82 Å². The molecule has 1 aromatic carbocycles. The van der Waals surface area contributed by atoms with Crippen LogP contribution in [0.3, 0.4) is 0 Å². The highest BCUT2D eigenvalue weighted by molar-refractivity contribution is 6.34. The van der Waals surface area contributed by atoms with Gasteiger partial charge in [0.15, 0.2) is 5.78 Å². The molecule has 1 unspecified atom stereocenters. The van der Waals surface area contributed by atoms with Crippen molar-refractivity contribution in [3.05, 3.63) is 34.6 Å². The Balaban J connectivity index is 2.90. The van der Waals surface area contributed by atoms with Crippen molar-refractivity contribution in [2.75, 3.05) is 0 Å². The highest BCUT2D eigenvalue weighted by atomic mass is 35.5. The Bertz CT molecular complexity index is 390. The molecule has 0 aromatic heterocycles. The molecule has 0 heterocycles. The third-order valence-electron chi connectivity index (χ3n) is 2.99. The Labute approximate surface area is 107 Å². The van der Waals surface area contributed by atoms with Crippen LogP contribution in [-0.2, 0) is 0 Å². The van der Waals surface area contributed by atoms with Crippen molar-refractivity contribution < 1.29 is 9.18 Å². The van der Waals surface area contributed by atoms with E-state index in [2.05, 4.69) is 6.92 Å². The molecule has 0 radical (unpaired) electrons.